The van der Waals surface area contributed by atoms with Gasteiger partial charge >= 0.3 is 6.01 Å². The first-order valence-electron chi connectivity index (χ1n) is 12.7. The zero-order valence-electron chi connectivity index (χ0n) is 20.7. The highest BCUT2D eigenvalue weighted by Crippen LogP contribution is 2.38. The largest absolute Gasteiger partial charge is 0.463 e. The number of rotatable bonds is 7. The normalized spacial score (nSPS) is 18.7. The molecule has 2 unspecified atom stereocenters. The Labute approximate surface area is 224 Å². The van der Waals surface area contributed by atoms with E-state index in [1.165, 1.54) is 0 Å². The molecule has 4 heterocycles. The molecule has 2 fully saturated rings. The molecule has 2 atom stereocenters. The summed E-state index contributed by atoms with van der Waals surface area (Å²) in [6.07, 6.45) is 4.44. The second kappa shape index (κ2) is 10.2. The van der Waals surface area contributed by atoms with Crippen LogP contribution in [0.15, 0.2) is 42.6 Å². The topological polar surface area (TPSA) is 125 Å². The van der Waals surface area contributed by atoms with Gasteiger partial charge < -0.3 is 26.0 Å². The van der Waals surface area contributed by atoms with E-state index in [1.807, 2.05) is 30.3 Å². The van der Waals surface area contributed by atoms with E-state index in [2.05, 4.69) is 25.5 Å². The van der Waals surface area contributed by atoms with Gasteiger partial charge in [-0.15, -0.1) is 0 Å². The quantitative estimate of drug-likeness (QED) is 0.160. The minimum Gasteiger partial charge on any atom is -0.463 e. The van der Waals surface area contributed by atoms with E-state index >= 15 is 4.39 Å². The van der Waals surface area contributed by atoms with Crippen molar-refractivity contribution in [3.05, 3.63) is 53.4 Å². The molecule has 0 saturated carbocycles. The summed E-state index contributed by atoms with van der Waals surface area (Å²) in [5.74, 6) is -0.0165. The van der Waals surface area contributed by atoms with Gasteiger partial charge in [-0.2, -0.15) is 9.97 Å². The molecule has 2 aliphatic rings. The summed E-state index contributed by atoms with van der Waals surface area (Å²) in [6, 6.07) is 12.1. The van der Waals surface area contributed by atoms with E-state index in [9.17, 15) is 0 Å². The van der Waals surface area contributed by atoms with Gasteiger partial charge in [-0.05, 0) is 30.7 Å². The van der Waals surface area contributed by atoms with Gasteiger partial charge in [-0.3, -0.25) is 10.4 Å². The van der Waals surface area contributed by atoms with Gasteiger partial charge in [0.1, 0.15) is 17.0 Å². The molecule has 0 spiro atoms. The van der Waals surface area contributed by atoms with Crippen LogP contribution in [0.4, 0.5) is 10.2 Å². The van der Waals surface area contributed by atoms with E-state index in [1.54, 1.807) is 12.3 Å². The second-order valence-corrected chi connectivity index (χ2v) is 10.1. The first-order valence-corrected chi connectivity index (χ1v) is 13.1. The lowest BCUT2D eigenvalue weighted by Crippen LogP contribution is -2.51. The van der Waals surface area contributed by atoms with Crippen LogP contribution in [0.5, 0.6) is 6.01 Å². The van der Waals surface area contributed by atoms with Crippen LogP contribution >= 0.6 is 11.6 Å². The molecular formula is C27H28ClFN8O. The number of hydrogen-bond acceptors (Lipinski definition) is 7. The van der Waals surface area contributed by atoms with Crippen molar-refractivity contribution >= 4 is 45.1 Å². The Morgan fingerprint density at radius 3 is 2.71 bits per heavy atom. The average Bonchev–Trinajstić information content (AvgIpc) is 3.25. The van der Waals surface area contributed by atoms with Crippen LogP contribution in [0, 0.1) is 11.2 Å². The van der Waals surface area contributed by atoms with Crippen molar-refractivity contribution in [1.29, 1.82) is 5.41 Å². The van der Waals surface area contributed by atoms with E-state index < -0.39 is 5.82 Å². The lowest BCUT2D eigenvalue weighted by Gasteiger charge is -2.34. The molecule has 9 nitrogen and oxygen atoms in total. The molecule has 4 aromatic rings. The number of nitrogens with two attached hydrogens (primary N) is 1. The second-order valence-electron chi connectivity index (χ2n) is 9.74. The number of guanidine groups is 1. The number of nitrogens with zero attached hydrogens (tertiary/aromatic N) is 4. The molecule has 196 valence electrons. The van der Waals surface area contributed by atoms with Gasteiger partial charge in [-0.1, -0.05) is 41.9 Å². The third-order valence-corrected chi connectivity index (χ3v) is 7.45. The summed E-state index contributed by atoms with van der Waals surface area (Å²) in [7, 11) is 0. The molecule has 11 heteroatoms. The van der Waals surface area contributed by atoms with Crippen molar-refractivity contribution in [2.24, 2.45) is 5.73 Å². The van der Waals surface area contributed by atoms with Gasteiger partial charge in [0.15, 0.2) is 11.8 Å². The monoisotopic (exact) mass is 534 g/mol. The smallest absolute Gasteiger partial charge is 0.319 e. The fraction of sp³-hybridized carbons (Fsp3) is 0.333. The number of hydrogen-bond donors (Lipinski definition) is 4. The maximum atomic E-state index is 16.3. The van der Waals surface area contributed by atoms with Crippen LogP contribution in [-0.2, 0) is 0 Å². The van der Waals surface area contributed by atoms with Gasteiger partial charge in [-0.25, -0.2) is 4.39 Å². The van der Waals surface area contributed by atoms with E-state index in [4.69, 9.17) is 32.5 Å². The summed E-state index contributed by atoms with van der Waals surface area (Å²) >= 11 is 6.54. The summed E-state index contributed by atoms with van der Waals surface area (Å²) in [6.45, 7) is 2.30. The molecule has 38 heavy (non-hydrogen) atoms. The van der Waals surface area contributed by atoms with Crippen LogP contribution in [0.25, 0.3) is 32.9 Å². The van der Waals surface area contributed by atoms with Crippen LogP contribution in [0.1, 0.15) is 19.3 Å². The van der Waals surface area contributed by atoms with Gasteiger partial charge in [0.2, 0.25) is 0 Å². The fourth-order valence-corrected chi connectivity index (χ4v) is 5.72. The van der Waals surface area contributed by atoms with Crippen molar-refractivity contribution in [2.45, 2.75) is 31.3 Å². The van der Waals surface area contributed by atoms with Crippen LogP contribution in [0.3, 0.4) is 0 Å². The lowest BCUT2D eigenvalue weighted by atomic mass is 10.0. The highest BCUT2D eigenvalue weighted by molar-refractivity contribution is 6.36. The number of pyridine rings is 1. The van der Waals surface area contributed by atoms with Crippen molar-refractivity contribution in [1.82, 2.24) is 25.6 Å². The summed E-state index contributed by atoms with van der Waals surface area (Å²) in [5, 5.41) is 16.4. The third-order valence-electron chi connectivity index (χ3n) is 7.14. The molecule has 2 saturated heterocycles. The highest BCUT2D eigenvalue weighted by Gasteiger charge is 2.34. The predicted octanol–water partition coefficient (Wildman–Crippen LogP) is 3.83. The summed E-state index contributed by atoms with van der Waals surface area (Å²) < 4.78 is 22.2. The van der Waals surface area contributed by atoms with Crippen LogP contribution < -0.4 is 26.0 Å². The Morgan fingerprint density at radius 2 is 1.95 bits per heavy atom. The molecule has 0 radical (unpaired) electrons. The number of aromatic nitrogens is 3. The first-order chi connectivity index (χ1) is 18.5. The standard InChI is InChI=1S/C27H28ClFN8O/c28-20-7-2-5-15-4-1-6-18(21(15)20)23-22(29)24-19(12-33-23)25(37-13-16-8-9-17(14-37)34-16)36-27(35-24)38-11-3-10-32-26(30)31/h1-2,4-7,12,16-17,34H,3,8-11,13-14H2,(H4,30,31,32). The van der Waals surface area contributed by atoms with E-state index in [0.29, 0.717) is 46.8 Å². The Bertz CT molecular complexity index is 1520. The third kappa shape index (κ3) is 4.65. The fourth-order valence-electron chi connectivity index (χ4n) is 5.44. The number of halogens is 2. The Balaban J connectivity index is 1.43. The maximum Gasteiger partial charge on any atom is 0.319 e. The number of ether oxygens (including phenoxy) is 1. The molecular weight excluding hydrogens is 507 g/mol. The van der Waals surface area contributed by atoms with E-state index in [-0.39, 0.29) is 29.8 Å². The van der Waals surface area contributed by atoms with E-state index in [0.717, 1.165) is 36.7 Å². The van der Waals surface area contributed by atoms with Crippen molar-refractivity contribution < 1.29 is 9.13 Å². The first kappa shape index (κ1) is 24.6. The number of benzene rings is 2. The molecule has 2 bridgehead atoms. The van der Waals surface area contributed by atoms with Crippen molar-refractivity contribution in [2.75, 3.05) is 31.1 Å². The number of anilines is 1. The maximum absolute atomic E-state index is 16.3. The molecule has 5 N–H and O–H groups in total. The van der Waals surface area contributed by atoms with Gasteiger partial charge in [0, 0.05) is 53.9 Å². The minimum atomic E-state index is -0.542. The lowest BCUT2D eigenvalue weighted by molar-refractivity contribution is 0.288. The predicted molar refractivity (Wildman–Crippen MR) is 147 cm³/mol. The van der Waals surface area contributed by atoms with Crippen molar-refractivity contribution in [3.63, 3.8) is 0 Å². The highest BCUT2D eigenvalue weighted by atomic mass is 35.5. The van der Waals surface area contributed by atoms with Crippen molar-refractivity contribution in [3.8, 4) is 17.3 Å². The molecule has 0 aliphatic carbocycles. The van der Waals surface area contributed by atoms with Gasteiger partial charge in [0.25, 0.3) is 0 Å². The molecule has 2 aromatic heterocycles. The number of piperazine rings is 1. The average molecular weight is 535 g/mol. The zero-order valence-corrected chi connectivity index (χ0v) is 21.4. The van der Waals surface area contributed by atoms with Gasteiger partial charge in [0.05, 0.1) is 12.0 Å². The Morgan fingerprint density at radius 1 is 1.18 bits per heavy atom. The zero-order chi connectivity index (χ0) is 26.2. The summed E-state index contributed by atoms with van der Waals surface area (Å²) in [5.41, 5.74) is 6.28. The molecule has 0 amide bonds. The number of nitrogens with one attached hydrogen (secondary N) is 3. The van der Waals surface area contributed by atoms with Crippen LogP contribution in [-0.4, -0.2) is 59.2 Å². The Kier molecular flexibility index (Phi) is 6.59. The molecule has 2 aromatic carbocycles. The number of fused-ring (bicyclic) bond motifs is 4. The van der Waals surface area contributed by atoms with Crippen LogP contribution in [0.2, 0.25) is 5.02 Å². The minimum absolute atomic E-state index is 0.0989. The summed E-state index contributed by atoms with van der Waals surface area (Å²) in [4.78, 5) is 16.0. The molecule has 6 rings (SSSR count). The SMILES string of the molecule is N=C(N)NCCCOc1nc(N2CC3CCC(C2)N3)c2cnc(-c3cccc4cccc(Cl)c34)c(F)c2n1. The molecule has 2 aliphatic heterocycles. The Hall–Kier alpha value is -3.76.